The molecule has 1 saturated carbocycles. The summed E-state index contributed by atoms with van der Waals surface area (Å²) in [6.07, 6.45) is 5.40. The average molecular weight is 319 g/mol. The van der Waals surface area contributed by atoms with Crippen LogP contribution in [0.25, 0.3) is 0 Å². The zero-order chi connectivity index (χ0) is 16.5. The first-order valence-corrected chi connectivity index (χ1v) is 8.30. The first-order chi connectivity index (χ1) is 11.2. The van der Waals surface area contributed by atoms with E-state index in [4.69, 9.17) is 4.74 Å². The molecule has 5 nitrogen and oxygen atoms in total. The second-order valence-electron chi connectivity index (χ2n) is 6.09. The summed E-state index contributed by atoms with van der Waals surface area (Å²) in [6, 6.07) is 9.35. The van der Waals surface area contributed by atoms with Gasteiger partial charge < -0.3 is 15.2 Å². The predicted octanol–water partition coefficient (Wildman–Crippen LogP) is 2.74. The highest BCUT2D eigenvalue weighted by Gasteiger charge is 2.29. The second kappa shape index (κ2) is 9.30. The summed E-state index contributed by atoms with van der Waals surface area (Å²) >= 11 is 0. The van der Waals surface area contributed by atoms with Gasteiger partial charge in [-0.3, -0.25) is 9.59 Å². The molecule has 2 rings (SSSR count). The van der Waals surface area contributed by atoms with Gasteiger partial charge >= 0.3 is 5.97 Å². The number of ether oxygens (including phenoxy) is 1. The Morgan fingerprint density at radius 1 is 1.09 bits per heavy atom. The number of benzene rings is 1. The van der Waals surface area contributed by atoms with E-state index in [1.807, 2.05) is 30.3 Å². The van der Waals surface area contributed by atoms with Crippen LogP contribution in [-0.2, 0) is 20.9 Å². The molecule has 2 N–H and O–H groups in total. The van der Waals surface area contributed by atoms with Gasteiger partial charge in [-0.1, -0.05) is 56.0 Å². The molecule has 5 heteroatoms. The van der Waals surface area contributed by atoms with Gasteiger partial charge in [0.05, 0.1) is 12.5 Å². The monoisotopic (exact) mass is 319 g/mol. The van der Waals surface area contributed by atoms with Crippen LogP contribution in [0.15, 0.2) is 30.3 Å². The van der Waals surface area contributed by atoms with Crippen LogP contribution in [0, 0.1) is 5.92 Å². The number of carbonyl (C=O) groups excluding carboxylic acids is 1. The van der Waals surface area contributed by atoms with E-state index < -0.39 is 11.9 Å². The molecule has 0 saturated heterocycles. The van der Waals surface area contributed by atoms with Crippen molar-refractivity contribution in [2.75, 3.05) is 6.61 Å². The van der Waals surface area contributed by atoms with Gasteiger partial charge in [0, 0.05) is 6.04 Å². The fourth-order valence-electron chi connectivity index (χ4n) is 3.04. The molecule has 1 aromatic carbocycles. The van der Waals surface area contributed by atoms with E-state index in [0.29, 0.717) is 13.0 Å². The van der Waals surface area contributed by atoms with Crippen molar-refractivity contribution in [2.45, 2.75) is 51.2 Å². The minimum atomic E-state index is -0.817. The van der Waals surface area contributed by atoms with E-state index in [1.165, 1.54) is 0 Å². The van der Waals surface area contributed by atoms with Gasteiger partial charge in [0.25, 0.3) is 0 Å². The molecule has 0 spiro atoms. The highest BCUT2D eigenvalue weighted by Crippen LogP contribution is 2.23. The summed E-state index contributed by atoms with van der Waals surface area (Å²) in [6.45, 7) is 0.332. The first kappa shape index (κ1) is 17.5. The van der Waals surface area contributed by atoms with E-state index in [2.05, 4.69) is 5.32 Å². The fourth-order valence-corrected chi connectivity index (χ4v) is 3.04. The summed E-state index contributed by atoms with van der Waals surface area (Å²) in [5.41, 5.74) is 1.01. The average Bonchev–Trinajstić information content (AvgIpc) is 2.51. The highest BCUT2D eigenvalue weighted by molar-refractivity contribution is 5.79. The molecule has 23 heavy (non-hydrogen) atoms. The lowest BCUT2D eigenvalue weighted by molar-refractivity contribution is -0.143. The third-order valence-electron chi connectivity index (χ3n) is 4.27. The van der Waals surface area contributed by atoms with Crippen LogP contribution >= 0.6 is 0 Å². The molecule has 0 heterocycles. The minimum Gasteiger partial charge on any atom is -0.481 e. The number of amides is 1. The third-order valence-corrected chi connectivity index (χ3v) is 4.27. The Bertz CT molecular complexity index is 503. The molecule has 1 fully saturated rings. The van der Waals surface area contributed by atoms with Crippen LogP contribution in [0.3, 0.4) is 0 Å². The van der Waals surface area contributed by atoms with Gasteiger partial charge in [0.15, 0.2) is 0 Å². The fraction of sp³-hybridized carbons (Fsp3) is 0.556. The number of carboxylic acids is 1. The van der Waals surface area contributed by atoms with Crippen LogP contribution in [0.1, 0.15) is 44.1 Å². The van der Waals surface area contributed by atoms with E-state index in [1.54, 1.807) is 0 Å². The number of hydrogen-bond donors (Lipinski definition) is 2. The smallest absolute Gasteiger partial charge is 0.308 e. The topological polar surface area (TPSA) is 75.6 Å². The normalized spacial score (nSPS) is 21.9. The molecular formula is C18H25NO4. The van der Waals surface area contributed by atoms with Crippen LogP contribution in [0.5, 0.6) is 0 Å². The van der Waals surface area contributed by atoms with Crippen molar-refractivity contribution < 1.29 is 19.4 Å². The number of hydrogen-bond acceptors (Lipinski definition) is 3. The van der Waals surface area contributed by atoms with Gasteiger partial charge in [-0.15, -0.1) is 0 Å². The first-order valence-electron chi connectivity index (χ1n) is 8.30. The van der Waals surface area contributed by atoms with Crippen molar-refractivity contribution in [2.24, 2.45) is 5.92 Å². The van der Waals surface area contributed by atoms with E-state index >= 15 is 0 Å². The largest absolute Gasteiger partial charge is 0.481 e. The van der Waals surface area contributed by atoms with Crippen LogP contribution in [0.2, 0.25) is 0 Å². The number of nitrogens with one attached hydrogen (secondary N) is 1. The van der Waals surface area contributed by atoms with Gasteiger partial charge in [0.2, 0.25) is 5.91 Å². The molecule has 2 atom stereocenters. The van der Waals surface area contributed by atoms with E-state index in [0.717, 1.165) is 37.7 Å². The van der Waals surface area contributed by atoms with Crippen molar-refractivity contribution in [1.82, 2.24) is 5.32 Å². The van der Waals surface area contributed by atoms with Gasteiger partial charge in [0.1, 0.15) is 6.61 Å². The Kier molecular flexibility index (Phi) is 7.07. The van der Waals surface area contributed by atoms with E-state index in [9.17, 15) is 14.7 Å². The van der Waals surface area contributed by atoms with Gasteiger partial charge in [-0.05, 0) is 18.4 Å². The van der Waals surface area contributed by atoms with Crippen molar-refractivity contribution in [3.8, 4) is 0 Å². The zero-order valence-electron chi connectivity index (χ0n) is 13.4. The number of carbonyl (C=O) groups is 2. The Labute approximate surface area is 137 Å². The van der Waals surface area contributed by atoms with Crippen molar-refractivity contribution in [3.63, 3.8) is 0 Å². The molecule has 1 amide bonds. The molecule has 126 valence electrons. The van der Waals surface area contributed by atoms with Crippen molar-refractivity contribution in [3.05, 3.63) is 35.9 Å². The minimum absolute atomic E-state index is 0.0439. The number of rotatable bonds is 6. The molecule has 0 aromatic heterocycles. The third kappa shape index (κ3) is 6.02. The summed E-state index contributed by atoms with van der Waals surface area (Å²) in [5, 5.41) is 12.2. The molecule has 1 aliphatic rings. The van der Waals surface area contributed by atoms with Crippen LogP contribution in [-0.4, -0.2) is 29.6 Å². The van der Waals surface area contributed by atoms with Gasteiger partial charge in [-0.2, -0.15) is 0 Å². The molecule has 0 aliphatic heterocycles. The highest BCUT2D eigenvalue weighted by atomic mass is 16.5. The Balaban J connectivity index is 1.80. The predicted molar refractivity (Wildman–Crippen MR) is 86.9 cm³/mol. The Morgan fingerprint density at radius 3 is 2.48 bits per heavy atom. The number of aliphatic carboxylic acids is 1. The maximum Gasteiger partial charge on any atom is 0.308 e. The summed E-state index contributed by atoms with van der Waals surface area (Å²) < 4.78 is 5.42. The maximum absolute atomic E-state index is 12.0. The molecular weight excluding hydrogens is 294 g/mol. The van der Waals surface area contributed by atoms with Crippen LogP contribution in [0.4, 0.5) is 0 Å². The summed E-state index contributed by atoms with van der Waals surface area (Å²) in [4.78, 5) is 23.5. The van der Waals surface area contributed by atoms with Crippen LogP contribution < -0.4 is 5.32 Å². The Morgan fingerprint density at radius 2 is 1.78 bits per heavy atom. The number of carboxylic acid groups (broad SMARTS) is 1. The molecule has 1 aliphatic carbocycles. The lowest BCUT2D eigenvalue weighted by atomic mass is 9.87. The summed E-state index contributed by atoms with van der Waals surface area (Å²) in [7, 11) is 0. The quantitative estimate of drug-likeness (QED) is 0.845. The Hall–Kier alpha value is -1.88. The molecule has 0 bridgehead atoms. The second-order valence-corrected chi connectivity index (χ2v) is 6.09. The van der Waals surface area contributed by atoms with Crippen molar-refractivity contribution in [1.29, 1.82) is 0 Å². The molecule has 2 unspecified atom stereocenters. The SMILES string of the molecule is O=C(COCc1ccccc1)NC1CCCCCCC1C(=O)O. The van der Waals surface area contributed by atoms with E-state index in [-0.39, 0.29) is 18.6 Å². The molecule has 1 aromatic rings. The van der Waals surface area contributed by atoms with Gasteiger partial charge in [-0.25, -0.2) is 0 Å². The lowest BCUT2D eigenvalue weighted by Crippen LogP contribution is -2.45. The zero-order valence-corrected chi connectivity index (χ0v) is 13.4. The maximum atomic E-state index is 12.0. The molecule has 0 radical (unpaired) electrons. The lowest BCUT2D eigenvalue weighted by Gasteiger charge is -2.27. The summed E-state index contributed by atoms with van der Waals surface area (Å²) in [5.74, 6) is -1.55. The van der Waals surface area contributed by atoms with Crippen molar-refractivity contribution >= 4 is 11.9 Å². The standard InChI is InChI=1S/C18H25NO4/c20-17(13-23-12-14-8-4-3-5-9-14)19-16-11-7-2-1-6-10-15(16)18(21)22/h3-5,8-9,15-16H,1-2,6-7,10-13H2,(H,19,20)(H,21,22).